The first-order valence-corrected chi connectivity index (χ1v) is 8.14. The van der Waals surface area contributed by atoms with Crippen molar-refractivity contribution in [2.45, 2.75) is 26.0 Å². The Hall–Kier alpha value is -2.09. The number of aromatic nitrogens is 3. The minimum atomic E-state index is -0.232. The van der Waals surface area contributed by atoms with Crippen molar-refractivity contribution < 1.29 is 14.1 Å². The largest absolute Gasteiger partial charge is 0.473 e. The summed E-state index contributed by atoms with van der Waals surface area (Å²) in [7, 11) is 0. The standard InChI is InChI=1S/C14H16N4O3S/c1-9-17-13(21-18-9)7-16-14(19)10-2-4-15-12(6-10)20-11-3-5-22-8-11/h2,4,6,11H,3,5,7-8H2,1H3,(H,16,19). The van der Waals surface area contributed by atoms with E-state index in [2.05, 4.69) is 20.4 Å². The topological polar surface area (TPSA) is 90.1 Å². The average molecular weight is 320 g/mol. The van der Waals surface area contributed by atoms with Crippen LogP contribution in [0.1, 0.15) is 28.5 Å². The highest BCUT2D eigenvalue weighted by molar-refractivity contribution is 7.99. The molecule has 0 spiro atoms. The van der Waals surface area contributed by atoms with E-state index in [-0.39, 0.29) is 18.6 Å². The molecule has 116 valence electrons. The molecule has 0 aliphatic carbocycles. The minimum absolute atomic E-state index is 0.178. The first-order valence-electron chi connectivity index (χ1n) is 6.98. The number of rotatable bonds is 5. The number of pyridine rings is 1. The van der Waals surface area contributed by atoms with E-state index < -0.39 is 0 Å². The molecule has 0 bridgehead atoms. The third-order valence-electron chi connectivity index (χ3n) is 3.14. The molecule has 1 aliphatic rings. The SMILES string of the molecule is Cc1noc(CNC(=O)c2ccnc(OC3CCSC3)c2)n1. The highest BCUT2D eigenvalue weighted by Gasteiger charge is 2.18. The number of ether oxygens (including phenoxy) is 1. The Balaban J connectivity index is 1.59. The van der Waals surface area contributed by atoms with Crippen LogP contribution in [0.25, 0.3) is 0 Å². The summed E-state index contributed by atoms with van der Waals surface area (Å²) in [6.07, 6.45) is 2.76. The molecule has 8 heteroatoms. The van der Waals surface area contributed by atoms with Crippen LogP contribution in [0.4, 0.5) is 0 Å². The summed E-state index contributed by atoms with van der Waals surface area (Å²) in [5, 5.41) is 6.40. The average Bonchev–Trinajstić information content (AvgIpc) is 3.17. The quantitative estimate of drug-likeness (QED) is 0.894. The lowest BCUT2D eigenvalue weighted by atomic mass is 10.2. The van der Waals surface area contributed by atoms with Gasteiger partial charge in [0.2, 0.25) is 11.8 Å². The summed E-state index contributed by atoms with van der Waals surface area (Å²) < 4.78 is 10.7. The maximum Gasteiger partial charge on any atom is 0.251 e. The van der Waals surface area contributed by atoms with E-state index in [9.17, 15) is 4.79 Å². The van der Waals surface area contributed by atoms with Crippen LogP contribution in [-0.2, 0) is 6.54 Å². The number of aryl methyl sites for hydroxylation is 1. The molecule has 1 N–H and O–H groups in total. The smallest absolute Gasteiger partial charge is 0.251 e. The van der Waals surface area contributed by atoms with Gasteiger partial charge in [0.25, 0.3) is 5.91 Å². The summed E-state index contributed by atoms with van der Waals surface area (Å²) in [6, 6.07) is 3.29. The maximum atomic E-state index is 12.1. The van der Waals surface area contributed by atoms with Crippen molar-refractivity contribution in [3.63, 3.8) is 0 Å². The van der Waals surface area contributed by atoms with E-state index in [1.807, 2.05) is 11.8 Å². The third-order valence-corrected chi connectivity index (χ3v) is 4.27. The number of nitrogens with zero attached hydrogens (tertiary/aromatic N) is 3. The Kier molecular flexibility index (Phi) is 4.57. The number of thioether (sulfide) groups is 1. The molecular weight excluding hydrogens is 304 g/mol. The molecule has 0 aromatic carbocycles. The van der Waals surface area contributed by atoms with Crippen molar-refractivity contribution >= 4 is 17.7 Å². The molecule has 1 amide bonds. The Morgan fingerprint density at radius 3 is 3.23 bits per heavy atom. The van der Waals surface area contributed by atoms with Gasteiger partial charge in [-0.1, -0.05) is 5.16 Å². The van der Waals surface area contributed by atoms with E-state index in [0.29, 0.717) is 23.2 Å². The zero-order valence-corrected chi connectivity index (χ0v) is 12.9. The Bertz CT molecular complexity index is 655. The van der Waals surface area contributed by atoms with Gasteiger partial charge in [-0.15, -0.1) is 0 Å². The monoisotopic (exact) mass is 320 g/mol. The highest BCUT2D eigenvalue weighted by Crippen LogP contribution is 2.22. The van der Waals surface area contributed by atoms with Gasteiger partial charge in [-0.3, -0.25) is 4.79 Å². The van der Waals surface area contributed by atoms with Gasteiger partial charge in [0.15, 0.2) is 5.82 Å². The van der Waals surface area contributed by atoms with E-state index >= 15 is 0 Å². The Morgan fingerprint density at radius 1 is 1.59 bits per heavy atom. The van der Waals surface area contributed by atoms with Crippen LogP contribution in [0.3, 0.4) is 0 Å². The molecule has 7 nitrogen and oxygen atoms in total. The van der Waals surface area contributed by atoms with Gasteiger partial charge in [0, 0.05) is 23.6 Å². The molecule has 1 atom stereocenters. The molecule has 1 aliphatic heterocycles. The van der Waals surface area contributed by atoms with Gasteiger partial charge in [0.05, 0.1) is 6.54 Å². The van der Waals surface area contributed by atoms with E-state index in [0.717, 1.165) is 17.9 Å². The second-order valence-electron chi connectivity index (χ2n) is 4.90. The normalized spacial score (nSPS) is 17.4. The van der Waals surface area contributed by atoms with Crippen LogP contribution in [-0.4, -0.2) is 38.6 Å². The van der Waals surface area contributed by atoms with Crippen molar-refractivity contribution in [2.24, 2.45) is 0 Å². The lowest BCUT2D eigenvalue weighted by molar-refractivity contribution is 0.0945. The fraction of sp³-hybridized carbons (Fsp3) is 0.429. The predicted molar refractivity (Wildman–Crippen MR) is 80.8 cm³/mol. The van der Waals surface area contributed by atoms with Gasteiger partial charge >= 0.3 is 0 Å². The van der Waals surface area contributed by atoms with Crippen LogP contribution in [0, 0.1) is 6.92 Å². The predicted octanol–water partition coefficient (Wildman–Crippen LogP) is 1.59. The molecule has 3 heterocycles. The Labute approximate surface area is 131 Å². The molecular formula is C14H16N4O3S. The van der Waals surface area contributed by atoms with Gasteiger partial charge < -0.3 is 14.6 Å². The van der Waals surface area contributed by atoms with Crippen molar-refractivity contribution in [1.29, 1.82) is 0 Å². The summed E-state index contributed by atoms with van der Waals surface area (Å²) in [5.74, 6) is 3.23. The minimum Gasteiger partial charge on any atom is -0.473 e. The number of hydrogen-bond acceptors (Lipinski definition) is 7. The molecule has 1 fully saturated rings. The second kappa shape index (κ2) is 6.78. The number of nitrogens with one attached hydrogen (secondary N) is 1. The van der Waals surface area contributed by atoms with E-state index in [1.165, 1.54) is 0 Å². The summed E-state index contributed by atoms with van der Waals surface area (Å²) in [4.78, 5) is 20.3. The van der Waals surface area contributed by atoms with E-state index in [1.54, 1.807) is 25.3 Å². The molecule has 2 aromatic heterocycles. The molecule has 0 radical (unpaired) electrons. The number of carbonyl (C=O) groups is 1. The molecule has 2 aromatic rings. The number of carbonyl (C=O) groups excluding carboxylic acids is 1. The molecule has 3 rings (SSSR count). The van der Waals surface area contributed by atoms with Crippen LogP contribution in [0.2, 0.25) is 0 Å². The van der Waals surface area contributed by atoms with Gasteiger partial charge in [-0.05, 0) is 25.2 Å². The van der Waals surface area contributed by atoms with Crippen LogP contribution < -0.4 is 10.1 Å². The lowest BCUT2D eigenvalue weighted by Gasteiger charge is -2.11. The highest BCUT2D eigenvalue weighted by atomic mass is 32.2. The first-order chi connectivity index (χ1) is 10.7. The van der Waals surface area contributed by atoms with Crippen LogP contribution >= 0.6 is 11.8 Å². The third kappa shape index (κ3) is 3.76. The van der Waals surface area contributed by atoms with Crippen molar-refractivity contribution in [3.05, 3.63) is 35.6 Å². The summed E-state index contributed by atoms with van der Waals surface area (Å²) in [6.45, 7) is 1.92. The summed E-state index contributed by atoms with van der Waals surface area (Å²) >= 11 is 1.86. The number of hydrogen-bond donors (Lipinski definition) is 1. The first kappa shape index (κ1) is 14.8. The van der Waals surface area contributed by atoms with Crippen molar-refractivity contribution in [2.75, 3.05) is 11.5 Å². The number of amides is 1. The molecule has 22 heavy (non-hydrogen) atoms. The zero-order chi connectivity index (χ0) is 15.4. The van der Waals surface area contributed by atoms with Crippen molar-refractivity contribution in [1.82, 2.24) is 20.4 Å². The van der Waals surface area contributed by atoms with Gasteiger partial charge in [-0.2, -0.15) is 16.7 Å². The fourth-order valence-electron chi connectivity index (χ4n) is 2.06. The second-order valence-corrected chi connectivity index (χ2v) is 6.05. The molecule has 0 saturated carbocycles. The van der Waals surface area contributed by atoms with E-state index in [4.69, 9.17) is 9.26 Å². The van der Waals surface area contributed by atoms with Crippen molar-refractivity contribution in [3.8, 4) is 5.88 Å². The lowest BCUT2D eigenvalue weighted by Crippen LogP contribution is -2.23. The summed E-state index contributed by atoms with van der Waals surface area (Å²) in [5.41, 5.74) is 0.492. The zero-order valence-electron chi connectivity index (χ0n) is 12.1. The van der Waals surface area contributed by atoms with Crippen LogP contribution in [0.5, 0.6) is 5.88 Å². The fourth-order valence-corrected chi connectivity index (χ4v) is 3.16. The molecule has 1 saturated heterocycles. The van der Waals surface area contributed by atoms with Gasteiger partial charge in [-0.25, -0.2) is 4.98 Å². The molecule has 1 unspecified atom stereocenters. The van der Waals surface area contributed by atoms with Gasteiger partial charge in [0.1, 0.15) is 6.10 Å². The maximum absolute atomic E-state index is 12.1. The Morgan fingerprint density at radius 2 is 2.50 bits per heavy atom. The van der Waals surface area contributed by atoms with Crippen LogP contribution in [0.15, 0.2) is 22.9 Å².